The number of benzene rings is 2. The first-order valence-electron chi connectivity index (χ1n) is 8.55. The third kappa shape index (κ3) is 4.92. The molecule has 0 fully saturated rings. The summed E-state index contributed by atoms with van der Waals surface area (Å²) < 4.78 is 0. The number of terminal acetylenes is 1. The molecule has 29 heavy (non-hydrogen) atoms. The molecule has 0 unspecified atom stereocenters. The van der Waals surface area contributed by atoms with Crippen molar-refractivity contribution in [1.82, 2.24) is 9.97 Å². The molecule has 0 radical (unpaired) electrons. The van der Waals surface area contributed by atoms with Gasteiger partial charge in [0, 0.05) is 16.0 Å². The highest BCUT2D eigenvalue weighted by molar-refractivity contribution is 6.31. The van der Waals surface area contributed by atoms with Crippen LogP contribution in [0.4, 0.5) is 11.5 Å². The van der Waals surface area contributed by atoms with Gasteiger partial charge >= 0.3 is 0 Å². The smallest absolute Gasteiger partial charge is 0.250 e. The van der Waals surface area contributed by atoms with E-state index >= 15 is 0 Å². The maximum Gasteiger partial charge on any atom is 0.250 e. The van der Waals surface area contributed by atoms with Gasteiger partial charge in [0.2, 0.25) is 0 Å². The summed E-state index contributed by atoms with van der Waals surface area (Å²) in [5.74, 6) is 0.484. The third-order valence-corrected chi connectivity index (χ3v) is 4.18. The molecule has 0 bridgehead atoms. The molecule has 3 aromatic rings. The van der Waals surface area contributed by atoms with E-state index in [2.05, 4.69) is 28.1 Å². The van der Waals surface area contributed by atoms with E-state index < -0.39 is 5.91 Å². The Bertz CT molecular complexity index is 1120. The number of allylic oxidation sites excluding steroid dienone is 3. The number of primary amides is 1. The Morgan fingerprint density at radius 2 is 1.90 bits per heavy atom. The fraction of sp³-hybridized carbons (Fsp3) is 0.0455. The van der Waals surface area contributed by atoms with Crippen LogP contribution >= 0.6 is 11.6 Å². The average Bonchev–Trinajstić information content (AvgIpc) is 2.73. The standard InChI is InChI=1S/C20H18ClN5O.C2H2/c1-2-12(9-10-22)19-25-17-11-13(21)7-8-15(17)20(26-19)24-16-6-4-3-5-14(16)18(23)27;1-2/h2-11H,22H2,1H3,(H2,23,27)(H,24,25,26);1-2H/b10-9-,12-2+;. The Kier molecular flexibility index (Phi) is 7.35. The zero-order chi connectivity index (χ0) is 21.4. The third-order valence-electron chi connectivity index (χ3n) is 3.95. The lowest BCUT2D eigenvalue weighted by molar-refractivity contribution is 0.100. The predicted molar refractivity (Wildman–Crippen MR) is 120 cm³/mol. The van der Waals surface area contributed by atoms with Gasteiger partial charge < -0.3 is 16.8 Å². The molecular weight excluding hydrogens is 386 g/mol. The Hall–Kier alpha value is -3.82. The van der Waals surface area contributed by atoms with Crippen molar-refractivity contribution in [2.24, 2.45) is 11.5 Å². The summed E-state index contributed by atoms with van der Waals surface area (Å²) in [6.07, 6.45) is 13.0. The van der Waals surface area contributed by atoms with E-state index in [-0.39, 0.29) is 0 Å². The number of nitrogens with one attached hydrogen (secondary N) is 1. The van der Waals surface area contributed by atoms with Gasteiger partial charge in [0.25, 0.3) is 5.91 Å². The summed E-state index contributed by atoms with van der Waals surface area (Å²) in [6, 6.07) is 12.3. The number of rotatable bonds is 5. The second-order valence-corrected chi connectivity index (χ2v) is 6.13. The number of carbonyl (C=O) groups excluding carboxylic acids is 1. The van der Waals surface area contributed by atoms with Gasteiger partial charge in [0.05, 0.1) is 16.8 Å². The number of nitrogens with two attached hydrogens (primary N) is 2. The number of amides is 1. The van der Waals surface area contributed by atoms with E-state index in [4.69, 9.17) is 23.1 Å². The molecule has 5 N–H and O–H groups in total. The Morgan fingerprint density at radius 1 is 1.17 bits per heavy atom. The molecule has 0 atom stereocenters. The van der Waals surface area contributed by atoms with Gasteiger partial charge in [-0.15, -0.1) is 12.8 Å². The molecule has 1 amide bonds. The zero-order valence-electron chi connectivity index (χ0n) is 15.8. The van der Waals surface area contributed by atoms with Crippen molar-refractivity contribution in [3.05, 3.63) is 77.2 Å². The van der Waals surface area contributed by atoms with Crippen LogP contribution in [-0.2, 0) is 0 Å². The fourth-order valence-electron chi connectivity index (χ4n) is 2.67. The van der Waals surface area contributed by atoms with Gasteiger partial charge in [-0.05, 0) is 49.5 Å². The number of nitrogens with zero attached hydrogens (tertiary/aromatic N) is 2. The molecule has 1 aromatic heterocycles. The number of carbonyl (C=O) groups is 1. The minimum Gasteiger partial charge on any atom is -0.405 e. The normalized spacial score (nSPS) is 11.1. The Balaban J connectivity index is 0.00000145. The molecule has 0 aliphatic carbocycles. The first kappa shape index (κ1) is 21.5. The topological polar surface area (TPSA) is 107 Å². The highest BCUT2D eigenvalue weighted by Crippen LogP contribution is 2.29. The molecular formula is C22H20ClN5O. The monoisotopic (exact) mass is 405 g/mol. The SMILES string of the molecule is C#C.C/C=C(\C=C/N)c1nc(Nc2ccccc2C(N)=O)c2ccc(Cl)cc2n1. The molecule has 2 aromatic carbocycles. The van der Waals surface area contributed by atoms with Gasteiger partial charge in [-0.1, -0.05) is 29.8 Å². The van der Waals surface area contributed by atoms with Crippen LogP contribution in [0.25, 0.3) is 16.5 Å². The Morgan fingerprint density at radius 3 is 2.55 bits per heavy atom. The molecule has 146 valence electrons. The van der Waals surface area contributed by atoms with Gasteiger partial charge in [-0.2, -0.15) is 0 Å². The summed E-state index contributed by atoms with van der Waals surface area (Å²) in [4.78, 5) is 20.9. The lowest BCUT2D eigenvalue weighted by Gasteiger charge is -2.13. The van der Waals surface area contributed by atoms with E-state index in [9.17, 15) is 4.79 Å². The van der Waals surface area contributed by atoms with Crippen LogP contribution in [0.5, 0.6) is 0 Å². The average molecular weight is 406 g/mol. The number of anilines is 2. The minimum absolute atomic E-state index is 0.368. The van der Waals surface area contributed by atoms with E-state index in [1.54, 1.807) is 36.4 Å². The van der Waals surface area contributed by atoms with Crippen LogP contribution in [0, 0.1) is 12.8 Å². The minimum atomic E-state index is -0.528. The van der Waals surface area contributed by atoms with Gasteiger partial charge in [0.15, 0.2) is 5.82 Å². The van der Waals surface area contributed by atoms with Crippen molar-refractivity contribution >= 4 is 45.5 Å². The van der Waals surface area contributed by atoms with Crippen molar-refractivity contribution in [3.8, 4) is 12.8 Å². The second kappa shape index (κ2) is 9.93. The van der Waals surface area contributed by atoms with Crippen molar-refractivity contribution in [2.45, 2.75) is 6.92 Å². The number of para-hydroxylation sites is 1. The lowest BCUT2D eigenvalue weighted by atomic mass is 10.1. The van der Waals surface area contributed by atoms with Crippen LogP contribution < -0.4 is 16.8 Å². The van der Waals surface area contributed by atoms with E-state index in [0.29, 0.717) is 33.4 Å². The van der Waals surface area contributed by atoms with Crippen molar-refractivity contribution < 1.29 is 4.79 Å². The van der Waals surface area contributed by atoms with Crippen LogP contribution in [-0.4, -0.2) is 15.9 Å². The van der Waals surface area contributed by atoms with Crippen LogP contribution in [0.3, 0.4) is 0 Å². The highest BCUT2D eigenvalue weighted by Gasteiger charge is 2.13. The molecule has 0 aliphatic rings. The number of aromatic nitrogens is 2. The molecule has 7 heteroatoms. The van der Waals surface area contributed by atoms with Gasteiger partial charge in [-0.3, -0.25) is 4.79 Å². The summed E-state index contributed by atoms with van der Waals surface area (Å²) >= 11 is 6.13. The van der Waals surface area contributed by atoms with E-state index in [0.717, 1.165) is 11.0 Å². The maximum atomic E-state index is 11.7. The maximum absolute atomic E-state index is 11.7. The van der Waals surface area contributed by atoms with Crippen molar-refractivity contribution in [1.29, 1.82) is 0 Å². The van der Waals surface area contributed by atoms with Crippen LogP contribution in [0.15, 0.2) is 60.8 Å². The molecule has 6 nitrogen and oxygen atoms in total. The van der Waals surface area contributed by atoms with Crippen molar-refractivity contribution in [2.75, 3.05) is 5.32 Å². The lowest BCUT2D eigenvalue weighted by Crippen LogP contribution is -2.13. The zero-order valence-corrected chi connectivity index (χ0v) is 16.5. The van der Waals surface area contributed by atoms with Crippen molar-refractivity contribution in [3.63, 3.8) is 0 Å². The summed E-state index contributed by atoms with van der Waals surface area (Å²) in [5.41, 5.74) is 13.4. The largest absolute Gasteiger partial charge is 0.405 e. The first-order valence-corrected chi connectivity index (χ1v) is 8.92. The second-order valence-electron chi connectivity index (χ2n) is 5.70. The van der Waals surface area contributed by atoms with E-state index in [1.807, 2.05) is 25.1 Å². The number of hydrogen-bond donors (Lipinski definition) is 3. The summed E-state index contributed by atoms with van der Waals surface area (Å²) in [6.45, 7) is 1.87. The highest BCUT2D eigenvalue weighted by atomic mass is 35.5. The summed E-state index contributed by atoms with van der Waals surface area (Å²) in [5, 5.41) is 4.52. The number of halogens is 1. The van der Waals surface area contributed by atoms with Crippen LogP contribution in [0.2, 0.25) is 5.02 Å². The summed E-state index contributed by atoms with van der Waals surface area (Å²) in [7, 11) is 0. The molecule has 1 heterocycles. The molecule has 0 aliphatic heterocycles. The number of hydrogen-bond acceptors (Lipinski definition) is 5. The predicted octanol–water partition coefficient (Wildman–Crippen LogP) is 4.25. The molecule has 0 saturated carbocycles. The molecule has 0 saturated heterocycles. The van der Waals surface area contributed by atoms with Gasteiger partial charge in [-0.25, -0.2) is 9.97 Å². The van der Waals surface area contributed by atoms with Gasteiger partial charge in [0.1, 0.15) is 5.82 Å². The fourth-order valence-corrected chi connectivity index (χ4v) is 2.83. The molecule has 3 rings (SSSR count). The quantitative estimate of drug-likeness (QED) is 0.434. The van der Waals surface area contributed by atoms with E-state index in [1.165, 1.54) is 6.20 Å². The van der Waals surface area contributed by atoms with Crippen LogP contribution in [0.1, 0.15) is 23.1 Å². The molecule has 0 spiro atoms. The number of fused-ring (bicyclic) bond motifs is 1. The Labute approximate surface area is 174 Å². The first-order chi connectivity index (χ1) is 14.0.